The highest BCUT2D eigenvalue weighted by molar-refractivity contribution is 5.74. The SMILES string of the molecule is Cc1c(-c2ccc(C[C@H](N)C(=O)O)cc2)c(C(F)(F)F)cc(=O)n1C. The minimum Gasteiger partial charge on any atom is -0.480 e. The molecule has 1 aromatic carbocycles. The van der Waals surface area contributed by atoms with Gasteiger partial charge in [0, 0.05) is 24.4 Å². The molecule has 1 heterocycles. The summed E-state index contributed by atoms with van der Waals surface area (Å²) in [5.74, 6) is -1.16. The number of benzene rings is 1. The van der Waals surface area contributed by atoms with E-state index in [1.54, 1.807) is 0 Å². The van der Waals surface area contributed by atoms with Gasteiger partial charge in [-0.1, -0.05) is 24.3 Å². The third-order valence-electron chi connectivity index (χ3n) is 4.05. The summed E-state index contributed by atoms with van der Waals surface area (Å²) in [4.78, 5) is 22.5. The lowest BCUT2D eigenvalue weighted by atomic mass is 9.96. The Balaban J connectivity index is 2.53. The largest absolute Gasteiger partial charge is 0.480 e. The number of pyridine rings is 1. The van der Waals surface area contributed by atoms with E-state index in [-0.39, 0.29) is 23.2 Å². The molecule has 8 heteroatoms. The van der Waals surface area contributed by atoms with Gasteiger partial charge in [0.2, 0.25) is 0 Å². The van der Waals surface area contributed by atoms with Gasteiger partial charge in [0.1, 0.15) is 6.04 Å². The van der Waals surface area contributed by atoms with E-state index in [0.717, 1.165) is 4.57 Å². The van der Waals surface area contributed by atoms with E-state index in [9.17, 15) is 22.8 Å². The number of carboxylic acid groups (broad SMARTS) is 1. The summed E-state index contributed by atoms with van der Waals surface area (Å²) in [6, 6.07) is 5.48. The van der Waals surface area contributed by atoms with Crippen LogP contribution in [0.5, 0.6) is 0 Å². The summed E-state index contributed by atoms with van der Waals surface area (Å²) in [7, 11) is 1.40. The summed E-state index contributed by atoms with van der Waals surface area (Å²) < 4.78 is 41.2. The number of alkyl halides is 3. The fourth-order valence-electron chi connectivity index (χ4n) is 2.56. The third kappa shape index (κ3) is 3.90. The van der Waals surface area contributed by atoms with Gasteiger partial charge in [0.15, 0.2) is 0 Å². The van der Waals surface area contributed by atoms with Gasteiger partial charge in [-0.25, -0.2) is 0 Å². The van der Waals surface area contributed by atoms with Crippen molar-refractivity contribution in [2.45, 2.75) is 25.6 Å². The number of nitrogens with zero attached hydrogens (tertiary/aromatic N) is 1. The highest BCUT2D eigenvalue weighted by Gasteiger charge is 2.35. The topological polar surface area (TPSA) is 85.3 Å². The molecule has 0 amide bonds. The number of nitrogens with two attached hydrogens (primary N) is 1. The van der Waals surface area contributed by atoms with Crippen molar-refractivity contribution in [2.75, 3.05) is 0 Å². The Morgan fingerprint density at radius 2 is 1.84 bits per heavy atom. The molecule has 2 aromatic rings. The van der Waals surface area contributed by atoms with E-state index in [1.165, 1.54) is 38.2 Å². The summed E-state index contributed by atoms with van der Waals surface area (Å²) in [5.41, 5.74) is 4.70. The Hall–Kier alpha value is -2.61. The molecule has 0 saturated heterocycles. The van der Waals surface area contributed by atoms with Crippen LogP contribution in [0, 0.1) is 6.92 Å². The fraction of sp³-hybridized carbons (Fsp3) is 0.294. The molecule has 0 fully saturated rings. The molecule has 2 rings (SSSR count). The minimum absolute atomic E-state index is 0.0635. The van der Waals surface area contributed by atoms with Crippen LogP contribution in [0.4, 0.5) is 13.2 Å². The minimum atomic E-state index is -4.67. The summed E-state index contributed by atoms with van der Waals surface area (Å²) >= 11 is 0. The summed E-state index contributed by atoms with van der Waals surface area (Å²) in [6.07, 6.45) is -4.61. The van der Waals surface area contributed by atoms with E-state index in [0.29, 0.717) is 11.6 Å². The van der Waals surface area contributed by atoms with Crippen molar-refractivity contribution in [3.63, 3.8) is 0 Å². The molecule has 0 unspecified atom stereocenters. The van der Waals surface area contributed by atoms with Crippen LogP contribution in [-0.2, 0) is 24.4 Å². The molecular formula is C17H17F3N2O3. The predicted octanol–water partition coefficient (Wildman–Crippen LogP) is 2.33. The molecule has 0 spiro atoms. The van der Waals surface area contributed by atoms with Crippen molar-refractivity contribution >= 4 is 5.97 Å². The molecule has 0 aliphatic carbocycles. The second-order valence-corrected chi connectivity index (χ2v) is 5.76. The van der Waals surface area contributed by atoms with Gasteiger partial charge in [-0.2, -0.15) is 13.2 Å². The molecule has 134 valence electrons. The van der Waals surface area contributed by atoms with Crippen molar-refractivity contribution in [2.24, 2.45) is 12.8 Å². The summed E-state index contributed by atoms with van der Waals surface area (Å²) in [6.45, 7) is 1.44. The predicted molar refractivity (Wildman–Crippen MR) is 86.2 cm³/mol. The van der Waals surface area contributed by atoms with E-state index in [2.05, 4.69) is 0 Å². The third-order valence-corrected chi connectivity index (χ3v) is 4.05. The quantitative estimate of drug-likeness (QED) is 0.882. The van der Waals surface area contributed by atoms with Crippen LogP contribution >= 0.6 is 0 Å². The van der Waals surface area contributed by atoms with Gasteiger partial charge in [0.05, 0.1) is 5.56 Å². The van der Waals surface area contributed by atoms with E-state index >= 15 is 0 Å². The maximum absolute atomic E-state index is 13.3. The lowest BCUT2D eigenvalue weighted by Gasteiger charge is -2.18. The second-order valence-electron chi connectivity index (χ2n) is 5.76. The number of hydrogen-bond acceptors (Lipinski definition) is 3. The van der Waals surface area contributed by atoms with Crippen molar-refractivity contribution in [3.05, 3.63) is 57.5 Å². The Bertz CT molecular complexity index is 855. The van der Waals surface area contributed by atoms with Gasteiger partial charge in [-0.05, 0) is 24.5 Å². The average molecular weight is 354 g/mol. The molecule has 0 aliphatic rings. The van der Waals surface area contributed by atoms with E-state index in [4.69, 9.17) is 10.8 Å². The van der Waals surface area contributed by atoms with Crippen LogP contribution in [0.15, 0.2) is 35.1 Å². The van der Waals surface area contributed by atoms with E-state index in [1.807, 2.05) is 0 Å². The maximum atomic E-state index is 13.3. The van der Waals surface area contributed by atoms with Gasteiger partial charge < -0.3 is 15.4 Å². The Kier molecular flexibility index (Phi) is 5.03. The van der Waals surface area contributed by atoms with Gasteiger partial charge >= 0.3 is 12.1 Å². The van der Waals surface area contributed by atoms with Crippen LogP contribution in [0.1, 0.15) is 16.8 Å². The fourth-order valence-corrected chi connectivity index (χ4v) is 2.56. The molecule has 0 radical (unpaired) electrons. The summed E-state index contributed by atoms with van der Waals surface area (Å²) in [5, 5.41) is 8.81. The first-order chi connectivity index (χ1) is 11.5. The zero-order chi connectivity index (χ0) is 18.9. The van der Waals surface area contributed by atoms with Crippen molar-refractivity contribution < 1.29 is 23.1 Å². The zero-order valence-electron chi connectivity index (χ0n) is 13.6. The number of halogens is 3. The van der Waals surface area contributed by atoms with Crippen LogP contribution in [0.2, 0.25) is 0 Å². The zero-order valence-corrected chi connectivity index (χ0v) is 13.6. The first kappa shape index (κ1) is 18.7. The van der Waals surface area contributed by atoms with Crippen molar-refractivity contribution in [3.8, 4) is 11.1 Å². The number of aliphatic carboxylic acids is 1. The lowest BCUT2D eigenvalue weighted by molar-refractivity contribution is -0.138. The molecule has 1 atom stereocenters. The normalized spacial score (nSPS) is 12.9. The number of rotatable bonds is 4. The van der Waals surface area contributed by atoms with E-state index < -0.39 is 29.3 Å². The maximum Gasteiger partial charge on any atom is 0.417 e. The molecule has 5 nitrogen and oxygen atoms in total. The molecular weight excluding hydrogens is 337 g/mol. The number of carbonyl (C=O) groups is 1. The van der Waals surface area contributed by atoms with Gasteiger partial charge in [-0.15, -0.1) is 0 Å². The lowest BCUT2D eigenvalue weighted by Crippen LogP contribution is -2.32. The first-order valence-electron chi connectivity index (χ1n) is 7.38. The highest BCUT2D eigenvalue weighted by Crippen LogP contribution is 2.37. The second kappa shape index (κ2) is 6.72. The molecule has 0 saturated carbocycles. The molecule has 25 heavy (non-hydrogen) atoms. The van der Waals surface area contributed by atoms with Crippen LogP contribution in [0.3, 0.4) is 0 Å². The molecule has 0 bridgehead atoms. The number of aromatic nitrogens is 1. The molecule has 3 N–H and O–H groups in total. The highest BCUT2D eigenvalue weighted by atomic mass is 19.4. The smallest absolute Gasteiger partial charge is 0.417 e. The van der Waals surface area contributed by atoms with Crippen LogP contribution < -0.4 is 11.3 Å². The first-order valence-corrected chi connectivity index (χ1v) is 7.38. The molecule has 1 aromatic heterocycles. The average Bonchev–Trinajstić information content (AvgIpc) is 2.52. The van der Waals surface area contributed by atoms with Crippen molar-refractivity contribution in [1.82, 2.24) is 4.57 Å². The standard InChI is InChI=1S/C17H17F3N2O3/c1-9-15(12(17(18,19)20)8-14(23)22(9)2)11-5-3-10(4-6-11)7-13(21)16(24)25/h3-6,8,13H,7,21H2,1-2H3,(H,24,25)/t13-/m0/s1. The van der Waals surface area contributed by atoms with Gasteiger partial charge in [0.25, 0.3) is 5.56 Å². The Morgan fingerprint density at radius 3 is 2.32 bits per heavy atom. The van der Waals surface area contributed by atoms with Crippen molar-refractivity contribution in [1.29, 1.82) is 0 Å². The number of carboxylic acids is 1. The molecule has 0 aliphatic heterocycles. The van der Waals surface area contributed by atoms with Crippen LogP contribution in [0.25, 0.3) is 11.1 Å². The van der Waals surface area contributed by atoms with Crippen LogP contribution in [-0.4, -0.2) is 21.7 Å². The number of hydrogen-bond donors (Lipinski definition) is 2. The van der Waals surface area contributed by atoms with Gasteiger partial charge in [-0.3, -0.25) is 9.59 Å². The Morgan fingerprint density at radius 1 is 1.28 bits per heavy atom. The monoisotopic (exact) mass is 354 g/mol. The Labute approximate surface area is 141 Å².